The van der Waals surface area contributed by atoms with E-state index in [-0.39, 0.29) is 12.3 Å². The second-order valence-corrected chi connectivity index (χ2v) is 7.11. The molecule has 134 valence electrons. The molecule has 0 spiro atoms. The number of ether oxygens (including phenoxy) is 1. The summed E-state index contributed by atoms with van der Waals surface area (Å²) in [6.45, 7) is 8.94. The van der Waals surface area contributed by atoms with Crippen molar-refractivity contribution in [2.24, 2.45) is 4.99 Å². The molecule has 2 aromatic carbocycles. The van der Waals surface area contributed by atoms with Crippen molar-refractivity contribution in [1.29, 1.82) is 0 Å². The van der Waals surface area contributed by atoms with E-state index in [9.17, 15) is 4.79 Å². The first-order valence-corrected chi connectivity index (χ1v) is 9.37. The van der Waals surface area contributed by atoms with E-state index in [1.807, 2.05) is 41.0 Å². The van der Waals surface area contributed by atoms with Gasteiger partial charge in [-0.05, 0) is 49.2 Å². The molecule has 0 unspecified atom stereocenters. The first kappa shape index (κ1) is 18.1. The Labute approximate surface area is 157 Å². The van der Waals surface area contributed by atoms with E-state index in [4.69, 9.17) is 4.74 Å². The van der Waals surface area contributed by atoms with Crippen LogP contribution in [-0.2, 0) is 11.3 Å². The van der Waals surface area contributed by atoms with Gasteiger partial charge in [-0.25, -0.2) is 0 Å². The molecule has 1 aromatic heterocycles. The average Bonchev–Trinajstić information content (AvgIpc) is 2.93. The normalized spacial score (nSPS) is 11.7. The smallest absolute Gasteiger partial charge is 0.251 e. The Bertz CT molecular complexity index is 1000. The number of para-hydroxylation sites is 1. The molecule has 4 nitrogen and oxygen atoms in total. The van der Waals surface area contributed by atoms with Crippen molar-refractivity contribution in [2.45, 2.75) is 26.8 Å². The largest absolute Gasteiger partial charge is 0.493 e. The van der Waals surface area contributed by atoms with Gasteiger partial charge in [0.25, 0.3) is 5.91 Å². The summed E-state index contributed by atoms with van der Waals surface area (Å²) < 4.78 is 8.75. The van der Waals surface area contributed by atoms with E-state index >= 15 is 0 Å². The zero-order chi connectivity index (χ0) is 18.5. The van der Waals surface area contributed by atoms with Crippen molar-refractivity contribution in [3.63, 3.8) is 0 Å². The third-order valence-electron chi connectivity index (χ3n) is 4.16. The van der Waals surface area contributed by atoms with Crippen LogP contribution in [0, 0.1) is 13.8 Å². The average molecular weight is 366 g/mol. The lowest BCUT2D eigenvalue weighted by Crippen LogP contribution is -2.17. The van der Waals surface area contributed by atoms with Crippen molar-refractivity contribution in [3.05, 3.63) is 71.0 Å². The lowest BCUT2D eigenvalue weighted by atomic mass is 10.1. The van der Waals surface area contributed by atoms with Crippen molar-refractivity contribution >= 4 is 27.5 Å². The predicted molar refractivity (Wildman–Crippen MR) is 107 cm³/mol. The number of nitrogens with zero attached hydrogens (tertiary/aromatic N) is 2. The van der Waals surface area contributed by atoms with E-state index in [0.717, 1.165) is 16.0 Å². The Morgan fingerprint density at radius 1 is 1.23 bits per heavy atom. The minimum Gasteiger partial charge on any atom is -0.493 e. The van der Waals surface area contributed by atoms with Gasteiger partial charge in [0, 0.05) is 6.54 Å². The SMILES string of the molecule is C=CCn1c(=NC(=O)CCOc2ccccc2)sc2cc(C)c(C)cc21. The van der Waals surface area contributed by atoms with E-state index in [1.54, 1.807) is 0 Å². The highest BCUT2D eigenvalue weighted by atomic mass is 32.1. The predicted octanol–water partition coefficient (Wildman–Crippen LogP) is 4.40. The number of carbonyl (C=O) groups is 1. The molecular formula is C21H22N2O2S. The first-order chi connectivity index (χ1) is 12.6. The third kappa shape index (κ3) is 4.11. The van der Waals surface area contributed by atoms with E-state index in [1.165, 1.54) is 22.5 Å². The second kappa shape index (κ2) is 8.15. The van der Waals surface area contributed by atoms with Gasteiger partial charge in [0.05, 0.1) is 23.2 Å². The number of carbonyl (C=O) groups excluding carboxylic acids is 1. The number of hydrogen-bond acceptors (Lipinski definition) is 3. The first-order valence-electron chi connectivity index (χ1n) is 8.55. The number of hydrogen-bond donors (Lipinski definition) is 0. The van der Waals surface area contributed by atoms with Crippen LogP contribution in [0.25, 0.3) is 10.2 Å². The van der Waals surface area contributed by atoms with E-state index < -0.39 is 0 Å². The summed E-state index contributed by atoms with van der Waals surface area (Å²) in [6.07, 6.45) is 2.07. The summed E-state index contributed by atoms with van der Waals surface area (Å²) in [5.41, 5.74) is 3.55. The van der Waals surface area contributed by atoms with Gasteiger partial charge in [0.1, 0.15) is 5.75 Å². The summed E-state index contributed by atoms with van der Waals surface area (Å²) >= 11 is 1.53. The summed E-state index contributed by atoms with van der Waals surface area (Å²) in [5.74, 6) is 0.577. The fourth-order valence-electron chi connectivity index (χ4n) is 2.65. The molecule has 0 radical (unpaired) electrons. The summed E-state index contributed by atoms with van der Waals surface area (Å²) in [4.78, 5) is 17.3. The molecule has 3 rings (SSSR count). The third-order valence-corrected chi connectivity index (χ3v) is 5.20. The maximum Gasteiger partial charge on any atom is 0.251 e. The number of thiazole rings is 1. The molecule has 0 atom stereocenters. The van der Waals surface area contributed by atoms with Crippen LogP contribution in [0.3, 0.4) is 0 Å². The van der Waals surface area contributed by atoms with Crippen LogP contribution in [0.15, 0.2) is 60.1 Å². The molecule has 0 bridgehead atoms. The Hall–Kier alpha value is -2.66. The van der Waals surface area contributed by atoms with Crippen LogP contribution in [0.1, 0.15) is 17.5 Å². The number of allylic oxidation sites excluding steroid dienone is 1. The molecule has 0 fully saturated rings. The van der Waals surface area contributed by atoms with Crippen molar-refractivity contribution in [3.8, 4) is 5.75 Å². The fraction of sp³-hybridized carbons (Fsp3) is 0.238. The molecule has 26 heavy (non-hydrogen) atoms. The number of aryl methyl sites for hydroxylation is 2. The summed E-state index contributed by atoms with van der Waals surface area (Å²) in [6, 6.07) is 13.8. The number of rotatable bonds is 6. The highest BCUT2D eigenvalue weighted by Crippen LogP contribution is 2.22. The molecule has 0 N–H and O–H groups in total. The van der Waals surface area contributed by atoms with Crippen LogP contribution in [0.4, 0.5) is 0 Å². The minimum absolute atomic E-state index is 0.182. The fourth-order valence-corrected chi connectivity index (χ4v) is 3.78. The van der Waals surface area contributed by atoms with Gasteiger partial charge < -0.3 is 9.30 Å². The Kier molecular flexibility index (Phi) is 5.68. The molecule has 0 saturated heterocycles. The Morgan fingerprint density at radius 2 is 1.96 bits per heavy atom. The monoisotopic (exact) mass is 366 g/mol. The standard InChI is InChI=1S/C21H22N2O2S/c1-4-11-23-18-13-15(2)16(3)14-19(18)26-21(23)22-20(24)10-12-25-17-8-6-5-7-9-17/h4-9,13-14H,1,10-12H2,2-3H3. The minimum atomic E-state index is -0.182. The molecule has 1 heterocycles. The molecule has 0 aliphatic rings. The molecule has 3 aromatic rings. The van der Waals surface area contributed by atoms with Gasteiger partial charge in [0.15, 0.2) is 4.80 Å². The molecule has 0 saturated carbocycles. The summed E-state index contributed by atoms with van der Waals surface area (Å²) in [5, 5.41) is 0. The highest BCUT2D eigenvalue weighted by Gasteiger charge is 2.09. The molecular weight excluding hydrogens is 344 g/mol. The van der Waals surface area contributed by atoms with Crippen LogP contribution < -0.4 is 9.54 Å². The van der Waals surface area contributed by atoms with Gasteiger partial charge in [-0.15, -0.1) is 6.58 Å². The quantitative estimate of drug-likeness (QED) is 0.607. The van der Waals surface area contributed by atoms with Gasteiger partial charge in [-0.2, -0.15) is 4.99 Å². The van der Waals surface area contributed by atoms with Crippen LogP contribution in [0.5, 0.6) is 5.75 Å². The maximum atomic E-state index is 12.3. The lowest BCUT2D eigenvalue weighted by Gasteiger charge is -2.04. The van der Waals surface area contributed by atoms with Crippen molar-refractivity contribution < 1.29 is 9.53 Å². The molecule has 1 amide bonds. The number of aromatic nitrogens is 1. The molecule has 5 heteroatoms. The molecule has 0 aliphatic carbocycles. The number of benzene rings is 2. The maximum absolute atomic E-state index is 12.3. The Balaban J connectivity index is 1.82. The van der Waals surface area contributed by atoms with Crippen LogP contribution >= 0.6 is 11.3 Å². The van der Waals surface area contributed by atoms with Gasteiger partial charge in [-0.3, -0.25) is 4.79 Å². The van der Waals surface area contributed by atoms with Gasteiger partial charge in [0.2, 0.25) is 0 Å². The van der Waals surface area contributed by atoms with Crippen LogP contribution in [-0.4, -0.2) is 17.1 Å². The van der Waals surface area contributed by atoms with E-state index in [0.29, 0.717) is 18.0 Å². The number of fused-ring (bicyclic) bond motifs is 1. The zero-order valence-electron chi connectivity index (χ0n) is 15.1. The van der Waals surface area contributed by atoms with Gasteiger partial charge >= 0.3 is 0 Å². The zero-order valence-corrected chi connectivity index (χ0v) is 15.9. The highest BCUT2D eigenvalue weighted by molar-refractivity contribution is 7.16. The van der Waals surface area contributed by atoms with Crippen molar-refractivity contribution in [2.75, 3.05) is 6.61 Å². The Morgan fingerprint density at radius 3 is 2.69 bits per heavy atom. The van der Waals surface area contributed by atoms with Crippen molar-refractivity contribution in [1.82, 2.24) is 4.57 Å². The lowest BCUT2D eigenvalue weighted by molar-refractivity contribution is -0.118. The summed E-state index contributed by atoms with van der Waals surface area (Å²) in [7, 11) is 0. The topological polar surface area (TPSA) is 43.6 Å². The number of amides is 1. The van der Waals surface area contributed by atoms with Gasteiger partial charge in [-0.1, -0.05) is 35.6 Å². The second-order valence-electron chi connectivity index (χ2n) is 6.11. The molecule has 0 aliphatic heterocycles. The van der Waals surface area contributed by atoms with E-state index in [2.05, 4.69) is 37.6 Å². The van der Waals surface area contributed by atoms with Crippen LogP contribution in [0.2, 0.25) is 0 Å².